The molecule has 4 rings (SSSR count). The van der Waals surface area contributed by atoms with E-state index in [4.69, 9.17) is 56.1 Å². The zero-order valence-electron chi connectivity index (χ0n) is 28.9. The summed E-state index contributed by atoms with van der Waals surface area (Å²) in [6, 6.07) is 14.0. The van der Waals surface area contributed by atoms with Gasteiger partial charge in [0, 0.05) is 17.1 Å². The number of nitrogens with one attached hydrogen (secondary N) is 2. The van der Waals surface area contributed by atoms with Crippen molar-refractivity contribution >= 4 is 92.9 Å². The lowest BCUT2D eigenvalue weighted by molar-refractivity contribution is -0.117. The topological polar surface area (TPSA) is 83.0 Å². The highest BCUT2D eigenvalue weighted by atomic mass is 35.5. The van der Waals surface area contributed by atoms with Gasteiger partial charge in [0.05, 0.1) is 32.3 Å². The van der Waals surface area contributed by atoms with Crippen LogP contribution in [-0.2, 0) is 9.59 Å². The number of aliphatic imine (C=N–C) groups is 1. The summed E-state index contributed by atoms with van der Waals surface area (Å²) in [6.07, 6.45) is 13.9. The lowest BCUT2D eigenvalue weighted by atomic mass is 10.1. The van der Waals surface area contributed by atoms with Gasteiger partial charge in [-0.3, -0.25) is 15.0 Å². The van der Waals surface area contributed by atoms with Crippen LogP contribution < -0.4 is 20.5 Å². The monoisotopic (exact) mass is 778 g/mol. The Labute approximate surface area is 320 Å². The van der Waals surface area contributed by atoms with E-state index in [9.17, 15) is 9.59 Å². The van der Waals surface area contributed by atoms with E-state index in [2.05, 4.69) is 17.7 Å². The second kappa shape index (κ2) is 20.4. The van der Waals surface area contributed by atoms with Gasteiger partial charge in [-0.2, -0.15) is 0 Å². The fraction of sp³-hybridized carbons (Fsp3) is 0.447. The molecular weight excluding hydrogens is 734 g/mol. The number of hydrogen-bond acceptors (Lipinski definition) is 5. The molecule has 0 bridgehead atoms. The maximum absolute atomic E-state index is 14.1. The molecule has 1 fully saturated rings. The minimum atomic E-state index is -0.839. The average Bonchev–Trinajstić information content (AvgIpc) is 3.35. The fourth-order valence-corrected chi connectivity index (χ4v) is 7.97. The summed E-state index contributed by atoms with van der Waals surface area (Å²) in [5.41, 5.74) is 5.31. The minimum absolute atomic E-state index is 0.0643. The Hall–Kier alpha value is -2.62. The summed E-state index contributed by atoms with van der Waals surface area (Å²) < 4.78 is 5.87. The molecule has 7 nitrogen and oxygen atoms in total. The van der Waals surface area contributed by atoms with E-state index in [0.717, 1.165) is 29.7 Å². The molecule has 0 aromatic heterocycles. The molecule has 0 radical (unpaired) electrons. The molecule has 12 heteroatoms. The van der Waals surface area contributed by atoms with Gasteiger partial charge in [-0.15, -0.1) is 11.8 Å². The molecule has 0 aliphatic carbocycles. The highest BCUT2D eigenvalue weighted by Crippen LogP contribution is 2.42. The third kappa shape index (κ3) is 11.7. The van der Waals surface area contributed by atoms with E-state index in [0.29, 0.717) is 46.0 Å². The van der Waals surface area contributed by atoms with Crippen LogP contribution in [0.3, 0.4) is 0 Å². The second-order valence-corrected chi connectivity index (χ2v) is 15.2. The smallest absolute Gasteiger partial charge is 0.267 e. The van der Waals surface area contributed by atoms with Crippen molar-refractivity contribution in [3.05, 3.63) is 74.2 Å². The van der Waals surface area contributed by atoms with Crippen molar-refractivity contribution in [2.75, 3.05) is 16.9 Å². The standard InChI is InChI=1S/C38H46Cl4N4O3S/c1-4-6-7-8-9-10-11-12-13-14-15-16-34(47)43-27-18-19-28(40)31(24-27)44-37-36(50-33-21-25(3)17-20-32(33)49-5-2)38(48)46(45-37)35-29(41)22-26(39)23-30(35)42/h17-24,36H,4-16H2,1-3H3,(H,43,47)(H,44,45). The van der Waals surface area contributed by atoms with Gasteiger partial charge in [-0.05, 0) is 68.3 Å². The molecule has 2 N–H and O–H groups in total. The molecule has 0 saturated carbocycles. The van der Waals surface area contributed by atoms with Crippen LogP contribution in [0.4, 0.5) is 17.1 Å². The first-order valence-corrected chi connectivity index (χ1v) is 19.8. The van der Waals surface area contributed by atoms with Gasteiger partial charge in [-0.25, -0.2) is 10.0 Å². The highest BCUT2D eigenvalue weighted by Gasteiger charge is 2.41. The lowest BCUT2D eigenvalue weighted by Crippen LogP contribution is -2.36. The predicted molar refractivity (Wildman–Crippen MR) is 212 cm³/mol. The van der Waals surface area contributed by atoms with Gasteiger partial charge in [0.25, 0.3) is 5.91 Å². The zero-order valence-corrected chi connectivity index (χ0v) is 32.8. The Balaban J connectivity index is 1.47. The van der Waals surface area contributed by atoms with Crippen molar-refractivity contribution < 1.29 is 14.3 Å². The quantitative estimate of drug-likeness (QED) is 0.118. The third-order valence-electron chi connectivity index (χ3n) is 8.25. The van der Waals surface area contributed by atoms with Crippen LogP contribution in [0, 0.1) is 6.92 Å². The van der Waals surface area contributed by atoms with Crippen molar-refractivity contribution in [2.45, 2.75) is 108 Å². The zero-order chi connectivity index (χ0) is 36.0. The lowest BCUT2D eigenvalue weighted by Gasteiger charge is -2.19. The molecule has 1 unspecified atom stereocenters. The summed E-state index contributed by atoms with van der Waals surface area (Å²) in [7, 11) is 0. The number of hydrazine groups is 1. The number of thioether (sulfide) groups is 1. The Morgan fingerprint density at radius 2 is 1.50 bits per heavy atom. The van der Waals surface area contributed by atoms with Gasteiger partial charge in [0.1, 0.15) is 22.5 Å². The normalized spacial score (nSPS) is 15.1. The van der Waals surface area contributed by atoms with Crippen LogP contribution in [0.2, 0.25) is 20.1 Å². The summed E-state index contributed by atoms with van der Waals surface area (Å²) in [5.74, 6) is 0.538. The number of carbonyl (C=O) groups excluding carboxylic acids is 2. The van der Waals surface area contributed by atoms with Gasteiger partial charge in [-0.1, -0.05) is 124 Å². The number of nitrogens with zero attached hydrogens (tertiary/aromatic N) is 2. The van der Waals surface area contributed by atoms with Crippen molar-refractivity contribution in [1.82, 2.24) is 5.43 Å². The van der Waals surface area contributed by atoms with Crippen molar-refractivity contribution in [3.63, 3.8) is 0 Å². The molecule has 2 amide bonds. The van der Waals surface area contributed by atoms with Crippen molar-refractivity contribution in [1.29, 1.82) is 0 Å². The molecule has 0 spiro atoms. The Kier molecular flexibility index (Phi) is 16.4. The van der Waals surface area contributed by atoms with E-state index in [1.807, 2.05) is 32.0 Å². The molecule has 1 heterocycles. The van der Waals surface area contributed by atoms with Crippen LogP contribution in [0.5, 0.6) is 5.75 Å². The number of carbonyl (C=O) groups is 2. The summed E-state index contributed by atoms with van der Waals surface area (Å²) in [4.78, 5) is 32.5. The van der Waals surface area contributed by atoms with Crippen LogP contribution in [0.25, 0.3) is 0 Å². The Morgan fingerprint density at radius 1 is 0.860 bits per heavy atom. The maximum Gasteiger partial charge on any atom is 0.267 e. The Bertz CT molecular complexity index is 1630. The van der Waals surface area contributed by atoms with Crippen LogP contribution in [0.1, 0.15) is 96.5 Å². The molecule has 50 heavy (non-hydrogen) atoms. The van der Waals surface area contributed by atoms with Gasteiger partial charge >= 0.3 is 0 Å². The fourth-order valence-electron chi connectivity index (χ4n) is 5.65. The van der Waals surface area contributed by atoms with Gasteiger partial charge in [0.15, 0.2) is 0 Å². The molecule has 1 saturated heterocycles. The van der Waals surface area contributed by atoms with Crippen LogP contribution in [0.15, 0.2) is 58.4 Å². The number of halogens is 4. The van der Waals surface area contributed by atoms with E-state index in [1.54, 1.807) is 18.2 Å². The summed E-state index contributed by atoms with van der Waals surface area (Å²) >= 11 is 27.2. The Morgan fingerprint density at radius 3 is 2.14 bits per heavy atom. The predicted octanol–water partition coefficient (Wildman–Crippen LogP) is 12.4. The molecular formula is C38H46Cl4N4O3S. The first kappa shape index (κ1) is 40.2. The molecule has 3 aromatic rings. The number of hydrogen-bond donors (Lipinski definition) is 2. The third-order valence-corrected chi connectivity index (χ3v) is 10.6. The van der Waals surface area contributed by atoms with E-state index in [1.165, 1.54) is 80.3 Å². The average molecular weight is 781 g/mol. The first-order valence-electron chi connectivity index (χ1n) is 17.4. The van der Waals surface area contributed by atoms with E-state index in [-0.39, 0.29) is 27.5 Å². The van der Waals surface area contributed by atoms with Crippen molar-refractivity contribution in [2.24, 2.45) is 4.99 Å². The molecule has 1 aliphatic rings. The van der Waals surface area contributed by atoms with Crippen LogP contribution >= 0.6 is 58.2 Å². The number of amidine groups is 1. The number of unbranched alkanes of at least 4 members (excludes halogenated alkanes) is 10. The van der Waals surface area contributed by atoms with Gasteiger partial charge in [0.2, 0.25) is 5.91 Å². The van der Waals surface area contributed by atoms with Crippen molar-refractivity contribution in [3.8, 4) is 5.75 Å². The molecule has 3 aromatic carbocycles. The minimum Gasteiger partial charge on any atom is -0.493 e. The number of aryl methyl sites for hydroxylation is 1. The summed E-state index contributed by atoms with van der Waals surface area (Å²) in [6.45, 7) is 6.58. The van der Waals surface area contributed by atoms with E-state index >= 15 is 0 Å². The highest BCUT2D eigenvalue weighted by molar-refractivity contribution is 8.01. The molecule has 1 atom stereocenters. The molecule has 270 valence electrons. The maximum atomic E-state index is 14.1. The second-order valence-electron chi connectivity index (χ2n) is 12.4. The summed E-state index contributed by atoms with van der Waals surface area (Å²) in [5, 5.41) is 4.50. The number of ether oxygens (including phenoxy) is 1. The van der Waals surface area contributed by atoms with Gasteiger partial charge < -0.3 is 10.1 Å². The number of anilines is 2. The van der Waals surface area contributed by atoms with Crippen LogP contribution in [-0.4, -0.2) is 29.5 Å². The van der Waals surface area contributed by atoms with E-state index < -0.39 is 5.25 Å². The molecule has 1 aliphatic heterocycles. The number of rotatable bonds is 19. The number of benzene rings is 3. The number of amides is 2. The first-order chi connectivity index (χ1) is 24.1. The SMILES string of the molecule is CCCCCCCCCCCCCC(=O)Nc1ccc(Cl)c(N=C2NN(c3c(Cl)cc(Cl)cc3Cl)C(=O)C2Sc2cc(C)ccc2OCC)c1. The largest absolute Gasteiger partial charge is 0.493 e.